The zero-order valence-corrected chi connectivity index (χ0v) is 32.4. The van der Waals surface area contributed by atoms with Crippen LogP contribution in [0, 0.1) is 11.6 Å². The molecule has 14 nitrogen and oxygen atoms in total. The average molecular weight is 833 g/mol. The highest BCUT2D eigenvalue weighted by Crippen LogP contribution is 2.35. The van der Waals surface area contributed by atoms with E-state index in [0.29, 0.717) is 61.9 Å². The number of imide groups is 1. The van der Waals surface area contributed by atoms with Crippen LogP contribution in [0.15, 0.2) is 90.1 Å². The number of fused-ring (bicyclic) bond motifs is 4. The van der Waals surface area contributed by atoms with Gasteiger partial charge in [0.25, 0.3) is 11.8 Å². The molecular formula is C43H35ClF2N8O6. The quantitative estimate of drug-likeness (QED) is 0.0904. The number of piperidine rings is 1. The second-order valence-corrected chi connectivity index (χ2v) is 14.6. The monoisotopic (exact) mass is 832 g/mol. The third-order valence-corrected chi connectivity index (χ3v) is 10.4. The number of aliphatic imine (C=N–C) groups is 1. The van der Waals surface area contributed by atoms with Gasteiger partial charge in [0, 0.05) is 82.1 Å². The Morgan fingerprint density at radius 2 is 1.73 bits per heavy atom. The first kappa shape index (κ1) is 39.9. The van der Waals surface area contributed by atoms with Crippen LogP contribution in [0.5, 0.6) is 0 Å². The van der Waals surface area contributed by atoms with Gasteiger partial charge in [0.15, 0.2) is 0 Å². The minimum Gasteiger partial charge on any atom is -0.372 e. The fraction of sp³-hybridized carbons (Fsp3) is 0.209. The highest BCUT2D eigenvalue weighted by atomic mass is 35.5. The highest BCUT2D eigenvalue weighted by molar-refractivity contribution is 6.31. The summed E-state index contributed by atoms with van der Waals surface area (Å²) in [7, 11) is 0. The summed E-state index contributed by atoms with van der Waals surface area (Å²) in [5.41, 5.74) is 4.45. The molecule has 1 aromatic heterocycles. The van der Waals surface area contributed by atoms with Crippen molar-refractivity contribution in [3.63, 3.8) is 0 Å². The van der Waals surface area contributed by atoms with Gasteiger partial charge in [-0.3, -0.25) is 34.3 Å². The van der Waals surface area contributed by atoms with Crippen LogP contribution < -0.4 is 21.3 Å². The summed E-state index contributed by atoms with van der Waals surface area (Å²) in [6, 6.07) is 19.5. The number of nitrogens with zero attached hydrogens (tertiary/aromatic N) is 4. The van der Waals surface area contributed by atoms with Gasteiger partial charge in [-0.25, -0.2) is 18.7 Å². The van der Waals surface area contributed by atoms with Gasteiger partial charge >= 0.3 is 0 Å². The van der Waals surface area contributed by atoms with Gasteiger partial charge < -0.3 is 25.6 Å². The average Bonchev–Trinajstić information content (AvgIpc) is 3.48. The molecular weight excluding hydrogens is 798 g/mol. The smallest absolute Gasteiger partial charge is 0.255 e. The number of amides is 5. The molecule has 4 heterocycles. The Hall–Kier alpha value is -6.91. The van der Waals surface area contributed by atoms with E-state index in [2.05, 4.69) is 31.2 Å². The number of aromatic nitrogens is 2. The van der Waals surface area contributed by atoms with Crippen molar-refractivity contribution in [2.24, 2.45) is 4.99 Å². The van der Waals surface area contributed by atoms with Crippen LogP contribution in [-0.2, 0) is 32.2 Å². The number of halogens is 3. The first-order chi connectivity index (χ1) is 29.0. The molecule has 0 aliphatic carbocycles. The summed E-state index contributed by atoms with van der Waals surface area (Å²) < 4.78 is 35.3. The van der Waals surface area contributed by atoms with Crippen molar-refractivity contribution in [2.45, 2.75) is 38.4 Å². The minimum absolute atomic E-state index is 0.0755. The third kappa shape index (κ3) is 8.32. The lowest BCUT2D eigenvalue weighted by Gasteiger charge is -2.29. The largest absolute Gasteiger partial charge is 0.372 e. The number of anilines is 3. The normalized spacial score (nSPS) is 15.6. The SMILES string of the molecule is O=C1CCC(N2Cc3c(NC(=O)COCCCNC(=O)c4ccc(Nc5ncc6c(n5)-c5ccc(Cl)cc5C(c5c(F)cccc5F)=NC6)cc4)cccc3C2=O)C(=O)N1. The Balaban J connectivity index is 0.809. The first-order valence-corrected chi connectivity index (χ1v) is 19.4. The fourth-order valence-electron chi connectivity index (χ4n) is 7.29. The van der Waals surface area contributed by atoms with Gasteiger partial charge in [0.1, 0.15) is 24.3 Å². The van der Waals surface area contributed by atoms with Gasteiger partial charge in [0.05, 0.1) is 23.5 Å². The molecule has 0 spiro atoms. The lowest BCUT2D eigenvalue weighted by molar-refractivity contribution is -0.137. The Morgan fingerprint density at radius 3 is 2.52 bits per heavy atom. The van der Waals surface area contributed by atoms with Crippen molar-refractivity contribution in [3.8, 4) is 11.3 Å². The summed E-state index contributed by atoms with van der Waals surface area (Å²) in [6.07, 6.45) is 2.41. The molecule has 1 saturated heterocycles. The summed E-state index contributed by atoms with van der Waals surface area (Å²) in [5.74, 6) is -3.22. The zero-order chi connectivity index (χ0) is 41.9. The summed E-state index contributed by atoms with van der Waals surface area (Å²) in [4.78, 5) is 77.7. The highest BCUT2D eigenvalue weighted by Gasteiger charge is 2.40. The minimum atomic E-state index is -0.767. The Morgan fingerprint density at radius 1 is 0.950 bits per heavy atom. The van der Waals surface area contributed by atoms with Crippen molar-refractivity contribution < 1.29 is 37.5 Å². The van der Waals surface area contributed by atoms with E-state index in [1.165, 1.54) is 23.1 Å². The summed E-state index contributed by atoms with van der Waals surface area (Å²) in [5, 5.41) is 11.4. The van der Waals surface area contributed by atoms with Crippen molar-refractivity contribution >= 4 is 64.2 Å². The number of hydrogen-bond acceptors (Lipinski definition) is 10. The molecule has 8 rings (SSSR count). The van der Waals surface area contributed by atoms with E-state index in [-0.39, 0.29) is 80.6 Å². The molecule has 4 N–H and O–H groups in total. The molecule has 1 atom stereocenters. The maximum atomic E-state index is 14.9. The maximum Gasteiger partial charge on any atom is 0.255 e. The maximum absolute atomic E-state index is 14.9. The van der Waals surface area contributed by atoms with E-state index in [0.717, 1.165) is 0 Å². The van der Waals surface area contributed by atoms with Crippen molar-refractivity contribution in [1.82, 2.24) is 25.5 Å². The second-order valence-electron chi connectivity index (χ2n) is 14.2. The number of nitrogens with one attached hydrogen (secondary N) is 4. The molecule has 0 saturated carbocycles. The lowest BCUT2D eigenvalue weighted by Crippen LogP contribution is -2.52. The molecule has 1 fully saturated rings. The van der Waals surface area contributed by atoms with Gasteiger partial charge in [-0.05, 0) is 73.5 Å². The van der Waals surface area contributed by atoms with Crippen molar-refractivity contribution in [1.29, 1.82) is 0 Å². The van der Waals surface area contributed by atoms with Gasteiger partial charge in [-0.15, -0.1) is 0 Å². The van der Waals surface area contributed by atoms with E-state index < -0.39 is 29.5 Å². The molecule has 304 valence electrons. The molecule has 3 aliphatic heterocycles. The van der Waals surface area contributed by atoms with Crippen LogP contribution in [0.3, 0.4) is 0 Å². The molecule has 17 heteroatoms. The van der Waals surface area contributed by atoms with Gasteiger partial charge in [-0.2, -0.15) is 0 Å². The van der Waals surface area contributed by atoms with Crippen LogP contribution in [-0.4, -0.2) is 75.9 Å². The Labute approximate surface area is 346 Å². The van der Waals surface area contributed by atoms with Crippen molar-refractivity contribution in [2.75, 3.05) is 30.4 Å². The van der Waals surface area contributed by atoms with E-state index >= 15 is 0 Å². The van der Waals surface area contributed by atoms with Gasteiger partial charge in [0.2, 0.25) is 23.7 Å². The van der Waals surface area contributed by atoms with E-state index in [1.807, 2.05) is 0 Å². The van der Waals surface area contributed by atoms with Crippen LogP contribution in [0.2, 0.25) is 5.02 Å². The second kappa shape index (κ2) is 17.1. The molecule has 5 aromatic rings. The number of carbonyl (C=O) groups excluding carboxylic acids is 5. The standard InChI is InChI=1S/C43H35ClF2N8O6/c44-25-10-13-27-29(18-25)39(37-31(45)5-2-6-32(37)46)48-19-24-20-49-43(53-38(24)27)50-26-11-8-23(9-12-26)40(57)47-16-3-17-60-22-36(56)51-33-7-1-4-28-30(33)21-54(42(28)59)34-14-15-35(55)52-41(34)58/h1-2,4-13,18,20,34H,3,14-17,19,21-22H2,(H,47,57)(H,51,56)(H,49,50,53)(H,52,55,58). The number of hydrogen-bond donors (Lipinski definition) is 4. The van der Waals surface area contributed by atoms with Crippen molar-refractivity contribution in [3.05, 3.63) is 135 Å². The van der Waals surface area contributed by atoms with Crippen LogP contribution >= 0.6 is 11.6 Å². The summed E-state index contributed by atoms with van der Waals surface area (Å²) in [6.45, 7) is 0.417. The van der Waals surface area contributed by atoms with E-state index in [9.17, 15) is 32.8 Å². The summed E-state index contributed by atoms with van der Waals surface area (Å²) >= 11 is 6.33. The predicted molar refractivity (Wildman–Crippen MR) is 217 cm³/mol. The van der Waals surface area contributed by atoms with Crippen LogP contribution in [0.4, 0.5) is 26.1 Å². The van der Waals surface area contributed by atoms with Crippen LogP contribution in [0.25, 0.3) is 11.3 Å². The Kier molecular flexibility index (Phi) is 11.4. The van der Waals surface area contributed by atoms with E-state index in [1.54, 1.807) is 66.9 Å². The molecule has 60 heavy (non-hydrogen) atoms. The number of benzene rings is 4. The van der Waals surface area contributed by atoms with Gasteiger partial charge in [-0.1, -0.05) is 29.8 Å². The topological polar surface area (TPSA) is 184 Å². The number of carbonyl (C=O) groups is 5. The molecule has 3 aliphatic rings. The fourth-order valence-corrected chi connectivity index (χ4v) is 7.46. The molecule has 0 radical (unpaired) electrons. The number of ether oxygens (including phenoxy) is 1. The molecule has 4 aromatic carbocycles. The first-order valence-electron chi connectivity index (χ1n) is 19.0. The Bertz CT molecular complexity index is 2590. The zero-order valence-electron chi connectivity index (χ0n) is 31.7. The predicted octanol–water partition coefficient (Wildman–Crippen LogP) is 5.71. The molecule has 1 unspecified atom stereocenters. The third-order valence-electron chi connectivity index (χ3n) is 10.2. The van der Waals surface area contributed by atoms with Crippen LogP contribution in [0.1, 0.15) is 62.2 Å². The number of rotatable bonds is 12. The van der Waals surface area contributed by atoms with E-state index in [4.69, 9.17) is 21.3 Å². The molecule has 5 amide bonds. The molecule has 0 bridgehead atoms. The lowest BCUT2D eigenvalue weighted by atomic mass is 9.95.